The summed E-state index contributed by atoms with van der Waals surface area (Å²) in [5.41, 5.74) is 1.76. The molecule has 26 heavy (non-hydrogen) atoms. The SMILES string of the molecule is C=CCC1(C(C)=O)CCC2C3CC=C4CC(O)CC[C@]4(C)C3CCC21C. The molecule has 0 aromatic heterocycles. The third kappa shape index (κ3) is 2.23. The summed E-state index contributed by atoms with van der Waals surface area (Å²) in [6.07, 6.45) is 14.0. The first kappa shape index (κ1) is 18.5. The summed E-state index contributed by atoms with van der Waals surface area (Å²) in [6.45, 7) is 10.7. The highest BCUT2D eigenvalue weighted by Gasteiger charge is 2.64. The van der Waals surface area contributed by atoms with Crippen LogP contribution in [0.25, 0.3) is 0 Å². The maximum Gasteiger partial charge on any atom is 0.136 e. The number of carbonyl (C=O) groups is 1. The number of hydrogen-bond donors (Lipinski definition) is 1. The lowest BCUT2D eigenvalue weighted by atomic mass is 9.45. The Morgan fingerprint density at radius 2 is 1.96 bits per heavy atom. The van der Waals surface area contributed by atoms with Gasteiger partial charge in [0, 0.05) is 5.41 Å². The van der Waals surface area contributed by atoms with Gasteiger partial charge < -0.3 is 5.11 Å². The summed E-state index contributed by atoms with van der Waals surface area (Å²) in [4.78, 5) is 12.8. The van der Waals surface area contributed by atoms with E-state index in [1.165, 1.54) is 24.8 Å². The smallest absolute Gasteiger partial charge is 0.136 e. The molecule has 2 heteroatoms. The molecule has 0 aliphatic heterocycles. The number of ketones is 1. The van der Waals surface area contributed by atoms with Crippen molar-refractivity contribution in [2.24, 2.45) is 34.0 Å². The van der Waals surface area contributed by atoms with E-state index in [1.807, 2.05) is 13.0 Å². The minimum atomic E-state index is -0.182. The molecule has 4 rings (SSSR count). The number of allylic oxidation sites excluding steroid dienone is 2. The van der Waals surface area contributed by atoms with Crippen LogP contribution in [0.4, 0.5) is 0 Å². The first-order chi connectivity index (χ1) is 12.3. The van der Waals surface area contributed by atoms with Gasteiger partial charge >= 0.3 is 0 Å². The summed E-state index contributed by atoms with van der Waals surface area (Å²) in [6, 6.07) is 0. The highest BCUT2D eigenvalue weighted by molar-refractivity contribution is 5.84. The van der Waals surface area contributed by atoms with Gasteiger partial charge in [0.25, 0.3) is 0 Å². The summed E-state index contributed by atoms with van der Waals surface area (Å²) >= 11 is 0. The average molecular weight is 357 g/mol. The highest BCUT2D eigenvalue weighted by Crippen LogP contribution is 2.70. The van der Waals surface area contributed by atoms with Crippen molar-refractivity contribution in [3.05, 3.63) is 24.3 Å². The molecule has 4 aliphatic carbocycles. The fourth-order valence-electron chi connectivity index (χ4n) is 8.08. The van der Waals surface area contributed by atoms with E-state index in [0.717, 1.165) is 44.4 Å². The predicted octanol–water partition coefficient (Wildman–Crippen LogP) is 5.46. The molecular formula is C24H36O2. The molecule has 0 amide bonds. The van der Waals surface area contributed by atoms with Crippen LogP contribution in [0, 0.1) is 34.0 Å². The molecule has 3 saturated carbocycles. The van der Waals surface area contributed by atoms with Crippen molar-refractivity contribution in [1.29, 1.82) is 0 Å². The predicted molar refractivity (Wildman–Crippen MR) is 106 cm³/mol. The molecule has 0 heterocycles. The van der Waals surface area contributed by atoms with Crippen molar-refractivity contribution in [1.82, 2.24) is 0 Å². The van der Waals surface area contributed by atoms with Gasteiger partial charge in [0.15, 0.2) is 0 Å². The molecule has 0 radical (unpaired) electrons. The van der Waals surface area contributed by atoms with Crippen LogP contribution in [0.1, 0.15) is 78.6 Å². The fourth-order valence-corrected chi connectivity index (χ4v) is 8.08. The molecule has 6 unspecified atom stereocenters. The lowest BCUT2D eigenvalue weighted by molar-refractivity contribution is -0.140. The van der Waals surface area contributed by atoms with Crippen LogP contribution < -0.4 is 0 Å². The van der Waals surface area contributed by atoms with Gasteiger partial charge in [-0.15, -0.1) is 6.58 Å². The maximum atomic E-state index is 12.8. The molecule has 0 spiro atoms. The third-order valence-corrected chi connectivity index (χ3v) is 9.61. The van der Waals surface area contributed by atoms with Gasteiger partial charge in [-0.3, -0.25) is 4.79 Å². The summed E-state index contributed by atoms with van der Waals surface area (Å²) in [5, 5.41) is 10.2. The molecule has 144 valence electrons. The van der Waals surface area contributed by atoms with Gasteiger partial charge in [-0.2, -0.15) is 0 Å². The van der Waals surface area contributed by atoms with Gasteiger partial charge in [0.2, 0.25) is 0 Å². The van der Waals surface area contributed by atoms with E-state index in [9.17, 15) is 9.90 Å². The van der Waals surface area contributed by atoms with Gasteiger partial charge in [-0.25, -0.2) is 0 Å². The standard InChI is InChI=1S/C24H36O2/c1-5-11-24(16(2)25)14-10-21-19-7-6-17-15-18(26)8-12-22(17,3)20(19)9-13-23(21,24)4/h5-6,18-21,26H,1,7-15H2,2-4H3/t18?,19?,20?,21?,22-,23?,24?/m0/s1. The Morgan fingerprint density at radius 1 is 1.23 bits per heavy atom. The van der Waals surface area contributed by atoms with Crippen LogP contribution in [0.5, 0.6) is 0 Å². The lowest BCUT2D eigenvalue weighted by Gasteiger charge is -2.59. The fraction of sp³-hybridized carbons (Fsp3) is 0.792. The van der Waals surface area contributed by atoms with Crippen molar-refractivity contribution >= 4 is 5.78 Å². The van der Waals surface area contributed by atoms with E-state index in [-0.39, 0.29) is 22.3 Å². The minimum Gasteiger partial charge on any atom is -0.393 e. The molecule has 0 saturated heterocycles. The third-order valence-electron chi connectivity index (χ3n) is 9.61. The second-order valence-electron chi connectivity index (χ2n) is 10.3. The molecule has 4 aliphatic rings. The highest BCUT2D eigenvalue weighted by atomic mass is 16.3. The second-order valence-corrected chi connectivity index (χ2v) is 10.3. The van der Waals surface area contributed by atoms with E-state index in [1.54, 1.807) is 0 Å². The van der Waals surface area contributed by atoms with Crippen LogP contribution in [0.3, 0.4) is 0 Å². The quantitative estimate of drug-likeness (QED) is 0.682. The zero-order chi connectivity index (χ0) is 18.7. The van der Waals surface area contributed by atoms with Crippen LogP contribution in [-0.4, -0.2) is 17.0 Å². The van der Waals surface area contributed by atoms with E-state index in [0.29, 0.717) is 17.6 Å². The first-order valence-corrected chi connectivity index (χ1v) is 10.8. The molecular weight excluding hydrogens is 320 g/mol. The van der Waals surface area contributed by atoms with Crippen molar-refractivity contribution in [2.75, 3.05) is 0 Å². The Labute approximate surface area is 159 Å². The zero-order valence-electron chi connectivity index (χ0n) is 16.9. The van der Waals surface area contributed by atoms with Gasteiger partial charge in [-0.1, -0.05) is 31.6 Å². The Kier molecular flexibility index (Phi) is 4.30. The Hall–Kier alpha value is -0.890. The molecule has 2 nitrogen and oxygen atoms in total. The van der Waals surface area contributed by atoms with E-state index < -0.39 is 0 Å². The molecule has 0 bridgehead atoms. The van der Waals surface area contributed by atoms with Crippen molar-refractivity contribution in [2.45, 2.75) is 84.7 Å². The zero-order valence-corrected chi connectivity index (χ0v) is 16.9. The topological polar surface area (TPSA) is 37.3 Å². The molecule has 1 N–H and O–H groups in total. The molecule has 0 aromatic rings. The Balaban J connectivity index is 1.70. The number of Topliss-reactive ketones (excluding diaryl/α,β-unsaturated/α-hetero) is 1. The van der Waals surface area contributed by atoms with Crippen molar-refractivity contribution < 1.29 is 9.90 Å². The Bertz CT molecular complexity index is 649. The normalized spacial score (nSPS) is 50.2. The van der Waals surface area contributed by atoms with Crippen molar-refractivity contribution in [3.63, 3.8) is 0 Å². The number of fused-ring (bicyclic) bond motifs is 5. The van der Waals surface area contributed by atoms with Gasteiger partial charge in [-0.05, 0) is 93.3 Å². The number of hydrogen-bond acceptors (Lipinski definition) is 2. The van der Waals surface area contributed by atoms with Crippen molar-refractivity contribution in [3.8, 4) is 0 Å². The van der Waals surface area contributed by atoms with E-state index in [2.05, 4.69) is 26.5 Å². The Morgan fingerprint density at radius 3 is 2.65 bits per heavy atom. The van der Waals surface area contributed by atoms with E-state index >= 15 is 0 Å². The molecule has 3 fully saturated rings. The number of aliphatic hydroxyl groups is 1. The monoisotopic (exact) mass is 356 g/mol. The molecule has 0 aromatic carbocycles. The number of carbonyl (C=O) groups excluding carboxylic acids is 1. The second kappa shape index (κ2) is 6.06. The summed E-state index contributed by atoms with van der Waals surface area (Å²) < 4.78 is 0. The minimum absolute atomic E-state index is 0.129. The molecule has 7 atom stereocenters. The van der Waals surface area contributed by atoms with Gasteiger partial charge in [0.1, 0.15) is 5.78 Å². The summed E-state index contributed by atoms with van der Waals surface area (Å²) in [7, 11) is 0. The van der Waals surface area contributed by atoms with E-state index in [4.69, 9.17) is 0 Å². The lowest BCUT2D eigenvalue weighted by Crippen LogP contribution is -2.53. The maximum absolute atomic E-state index is 12.8. The van der Waals surface area contributed by atoms with Gasteiger partial charge in [0.05, 0.1) is 6.10 Å². The number of rotatable bonds is 3. The largest absolute Gasteiger partial charge is 0.393 e. The first-order valence-electron chi connectivity index (χ1n) is 10.8. The van der Waals surface area contributed by atoms with Crippen LogP contribution >= 0.6 is 0 Å². The van der Waals surface area contributed by atoms with Crippen LogP contribution in [0.2, 0.25) is 0 Å². The van der Waals surface area contributed by atoms with Crippen LogP contribution in [-0.2, 0) is 4.79 Å². The van der Waals surface area contributed by atoms with Crippen LogP contribution in [0.15, 0.2) is 24.3 Å². The number of aliphatic hydroxyl groups excluding tert-OH is 1. The summed E-state index contributed by atoms with van der Waals surface area (Å²) in [5.74, 6) is 2.50. The average Bonchev–Trinajstić information content (AvgIpc) is 2.90.